The van der Waals surface area contributed by atoms with Crippen molar-refractivity contribution in [1.29, 1.82) is 0 Å². The van der Waals surface area contributed by atoms with Crippen LogP contribution >= 0.6 is 11.8 Å². The van der Waals surface area contributed by atoms with Crippen LogP contribution in [0.25, 0.3) is 10.4 Å². The Morgan fingerprint density at radius 1 is 0.938 bits per heavy atom. The van der Waals surface area contributed by atoms with Gasteiger partial charge in [0.2, 0.25) is 0 Å². The lowest BCUT2D eigenvalue weighted by atomic mass is 10.3. The van der Waals surface area contributed by atoms with E-state index in [2.05, 4.69) is 10.0 Å². The average molecular weight is 227 g/mol. The smallest absolute Gasteiger partial charge is 0.0514 e. The van der Waals surface area contributed by atoms with Crippen molar-refractivity contribution in [2.45, 2.75) is 9.79 Å². The Morgan fingerprint density at radius 3 is 2.38 bits per heavy atom. The van der Waals surface area contributed by atoms with Crippen LogP contribution in [0.4, 0.5) is 5.69 Å². The highest BCUT2D eigenvalue weighted by molar-refractivity contribution is 7.99. The fourth-order valence-corrected chi connectivity index (χ4v) is 2.20. The van der Waals surface area contributed by atoms with Crippen LogP contribution < -0.4 is 0 Å². The fourth-order valence-electron chi connectivity index (χ4n) is 1.29. The highest BCUT2D eigenvalue weighted by atomic mass is 32.2. The van der Waals surface area contributed by atoms with E-state index in [1.54, 1.807) is 11.8 Å². The molecule has 0 aliphatic heterocycles. The average Bonchev–Trinajstić information content (AvgIpc) is 2.33. The van der Waals surface area contributed by atoms with E-state index >= 15 is 0 Å². The minimum Gasteiger partial charge on any atom is -0.0896 e. The summed E-state index contributed by atoms with van der Waals surface area (Å²) in [6.07, 6.45) is 0. The molecule has 0 atom stereocenters. The van der Waals surface area contributed by atoms with Gasteiger partial charge in [0, 0.05) is 14.7 Å². The van der Waals surface area contributed by atoms with E-state index in [9.17, 15) is 0 Å². The molecule has 0 fully saturated rings. The van der Waals surface area contributed by atoms with Crippen molar-refractivity contribution in [2.24, 2.45) is 5.11 Å². The maximum Gasteiger partial charge on any atom is 0.0514 e. The second kappa shape index (κ2) is 5.26. The number of hydrogen-bond donors (Lipinski definition) is 0. The molecule has 0 aliphatic carbocycles. The molecular weight excluding hydrogens is 218 g/mol. The first-order valence-corrected chi connectivity index (χ1v) is 5.59. The summed E-state index contributed by atoms with van der Waals surface area (Å²) >= 11 is 1.59. The van der Waals surface area contributed by atoms with Crippen LogP contribution in [0.1, 0.15) is 0 Å². The molecule has 16 heavy (non-hydrogen) atoms. The van der Waals surface area contributed by atoms with E-state index in [0.29, 0.717) is 5.69 Å². The van der Waals surface area contributed by atoms with Gasteiger partial charge in [-0.25, -0.2) is 0 Å². The van der Waals surface area contributed by atoms with E-state index in [1.807, 2.05) is 54.6 Å². The first kappa shape index (κ1) is 10.6. The Balaban J connectivity index is 2.31. The lowest BCUT2D eigenvalue weighted by Gasteiger charge is -2.03. The molecule has 0 radical (unpaired) electrons. The second-order valence-electron chi connectivity index (χ2n) is 3.07. The number of azide groups is 1. The molecule has 0 amide bonds. The zero-order valence-corrected chi connectivity index (χ0v) is 9.26. The summed E-state index contributed by atoms with van der Waals surface area (Å²) in [6.45, 7) is 0. The second-order valence-corrected chi connectivity index (χ2v) is 4.19. The molecule has 78 valence electrons. The van der Waals surface area contributed by atoms with Crippen LogP contribution in [-0.2, 0) is 0 Å². The van der Waals surface area contributed by atoms with Crippen LogP contribution in [0.2, 0.25) is 0 Å². The molecule has 3 nitrogen and oxygen atoms in total. The van der Waals surface area contributed by atoms with Gasteiger partial charge in [-0.3, -0.25) is 0 Å². The van der Waals surface area contributed by atoms with Crippen molar-refractivity contribution in [1.82, 2.24) is 0 Å². The predicted octanol–water partition coefficient (Wildman–Crippen LogP) is 4.78. The van der Waals surface area contributed by atoms with Gasteiger partial charge in [-0.2, -0.15) is 0 Å². The summed E-state index contributed by atoms with van der Waals surface area (Å²) in [5.74, 6) is 0. The highest BCUT2D eigenvalue weighted by Gasteiger charge is 2.01. The van der Waals surface area contributed by atoms with Gasteiger partial charge in [0.05, 0.1) is 5.69 Å². The summed E-state index contributed by atoms with van der Waals surface area (Å²) in [5.41, 5.74) is 9.12. The monoisotopic (exact) mass is 227 g/mol. The molecule has 0 heterocycles. The molecule has 0 bridgehead atoms. The Bertz CT molecular complexity index is 519. The highest BCUT2D eigenvalue weighted by Crippen LogP contribution is 2.34. The topological polar surface area (TPSA) is 48.8 Å². The van der Waals surface area contributed by atoms with E-state index in [1.165, 1.54) is 0 Å². The van der Waals surface area contributed by atoms with E-state index in [0.717, 1.165) is 9.79 Å². The van der Waals surface area contributed by atoms with Gasteiger partial charge in [0.1, 0.15) is 0 Å². The Kier molecular flexibility index (Phi) is 3.49. The fraction of sp³-hybridized carbons (Fsp3) is 0. The predicted molar refractivity (Wildman–Crippen MR) is 65.8 cm³/mol. The van der Waals surface area contributed by atoms with Crippen LogP contribution in [0.15, 0.2) is 69.5 Å². The lowest BCUT2D eigenvalue weighted by Crippen LogP contribution is -1.73. The van der Waals surface area contributed by atoms with Gasteiger partial charge in [0.15, 0.2) is 0 Å². The van der Waals surface area contributed by atoms with Gasteiger partial charge >= 0.3 is 0 Å². The summed E-state index contributed by atoms with van der Waals surface area (Å²) in [7, 11) is 0. The van der Waals surface area contributed by atoms with Crippen molar-refractivity contribution in [2.75, 3.05) is 0 Å². The molecule has 0 N–H and O–H groups in total. The van der Waals surface area contributed by atoms with E-state index in [4.69, 9.17) is 5.53 Å². The van der Waals surface area contributed by atoms with Crippen molar-refractivity contribution < 1.29 is 0 Å². The zero-order valence-electron chi connectivity index (χ0n) is 8.45. The molecule has 0 unspecified atom stereocenters. The Morgan fingerprint density at radius 2 is 1.62 bits per heavy atom. The molecule has 2 rings (SSSR count). The van der Waals surface area contributed by atoms with Crippen molar-refractivity contribution in [3.63, 3.8) is 0 Å². The normalized spacial score (nSPS) is 9.50. The number of hydrogen-bond acceptors (Lipinski definition) is 2. The lowest BCUT2D eigenvalue weighted by molar-refractivity contribution is 1.34. The third kappa shape index (κ3) is 2.57. The maximum atomic E-state index is 8.46. The molecular formula is C12H9N3S. The summed E-state index contributed by atoms with van der Waals surface area (Å²) < 4.78 is 0. The minimum atomic E-state index is 0.666. The molecule has 0 saturated heterocycles. The van der Waals surface area contributed by atoms with Crippen molar-refractivity contribution in [3.05, 3.63) is 65.0 Å². The largest absolute Gasteiger partial charge is 0.0896 e. The Hall–Kier alpha value is -1.90. The number of benzene rings is 2. The number of rotatable bonds is 3. The van der Waals surface area contributed by atoms with Gasteiger partial charge in [-0.05, 0) is 23.7 Å². The van der Waals surface area contributed by atoms with E-state index < -0.39 is 0 Å². The summed E-state index contributed by atoms with van der Waals surface area (Å²) in [4.78, 5) is 4.91. The zero-order chi connectivity index (χ0) is 11.2. The number of nitrogens with zero attached hydrogens (tertiary/aromatic N) is 3. The van der Waals surface area contributed by atoms with E-state index in [-0.39, 0.29) is 0 Å². The molecule has 4 heteroatoms. The molecule has 0 aliphatic rings. The molecule has 2 aromatic carbocycles. The Labute approximate surface area is 97.7 Å². The molecule has 0 aromatic heterocycles. The molecule has 0 spiro atoms. The van der Waals surface area contributed by atoms with Gasteiger partial charge < -0.3 is 0 Å². The third-order valence-corrected chi connectivity index (χ3v) is 3.06. The van der Waals surface area contributed by atoms with Crippen molar-refractivity contribution in [3.8, 4) is 0 Å². The standard InChI is InChI=1S/C12H9N3S/c13-15-14-11-8-4-5-9-12(11)16-10-6-2-1-3-7-10/h1-9H. The van der Waals surface area contributed by atoms with Crippen LogP contribution in [0.5, 0.6) is 0 Å². The quantitative estimate of drug-likeness (QED) is 0.423. The van der Waals surface area contributed by atoms with Crippen LogP contribution in [0.3, 0.4) is 0 Å². The molecule has 0 saturated carbocycles. The maximum absolute atomic E-state index is 8.46. The first-order chi connectivity index (χ1) is 7.90. The van der Waals surface area contributed by atoms with Gasteiger partial charge in [-0.1, -0.05) is 53.3 Å². The van der Waals surface area contributed by atoms with Crippen LogP contribution in [-0.4, -0.2) is 0 Å². The van der Waals surface area contributed by atoms with Gasteiger partial charge in [0.25, 0.3) is 0 Å². The van der Waals surface area contributed by atoms with Crippen molar-refractivity contribution >= 4 is 17.4 Å². The van der Waals surface area contributed by atoms with Gasteiger partial charge in [-0.15, -0.1) is 0 Å². The summed E-state index contributed by atoms with van der Waals surface area (Å²) in [6, 6.07) is 17.5. The first-order valence-electron chi connectivity index (χ1n) is 4.77. The minimum absolute atomic E-state index is 0.666. The SMILES string of the molecule is [N-]=[N+]=Nc1ccccc1Sc1ccccc1. The van der Waals surface area contributed by atoms with Crippen LogP contribution in [0, 0.1) is 0 Å². The summed E-state index contributed by atoms with van der Waals surface area (Å²) in [5, 5.41) is 3.66. The third-order valence-electron chi connectivity index (χ3n) is 1.99. The molecule has 2 aromatic rings.